The molecule has 4 aliphatic carbocycles. The van der Waals surface area contributed by atoms with Crippen molar-refractivity contribution >= 4 is 29.7 Å². The molecule has 0 aliphatic heterocycles. The smallest absolute Gasteiger partial charge is 0.317 e. The molecule has 0 bridgehead atoms. The van der Waals surface area contributed by atoms with Gasteiger partial charge in [0, 0.05) is 65.8 Å². The van der Waals surface area contributed by atoms with Crippen molar-refractivity contribution in [3.8, 4) is 0 Å². The molecule has 4 fully saturated rings. The Hall–Kier alpha value is -3.01. The quantitative estimate of drug-likeness (QED) is 0.0438. The molecule has 11 N–H and O–H groups in total. The number of rotatable bonds is 25. The summed E-state index contributed by atoms with van der Waals surface area (Å²) in [5.41, 5.74) is -0.380. The Labute approximate surface area is 373 Å². The van der Waals surface area contributed by atoms with E-state index < -0.39 is 56.7 Å². The average molecular weight is 904 g/mol. The summed E-state index contributed by atoms with van der Waals surface area (Å²) in [4.78, 5) is 63.9. The number of hydrogen-bond acceptors (Lipinski definition) is 14. The normalized spacial score (nSPS) is 30.1. The van der Waals surface area contributed by atoms with Crippen LogP contribution in [0.2, 0.25) is 0 Å². The number of unbranched alkanes of at least 4 members (excludes halogenated alkanes) is 2. The van der Waals surface area contributed by atoms with Crippen LogP contribution in [0.25, 0.3) is 0 Å². The van der Waals surface area contributed by atoms with Gasteiger partial charge in [0.15, 0.2) is 0 Å². The van der Waals surface area contributed by atoms with Crippen LogP contribution < -0.4 is 10.6 Å². The van der Waals surface area contributed by atoms with Gasteiger partial charge in [0.05, 0.1) is 45.3 Å². The minimum Gasteiger partial charge on any atom is -0.481 e. The third-order valence-electron chi connectivity index (χ3n) is 15.1. The number of carboxylic acid groups (broad SMARTS) is 3. The van der Waals surface area contributed by atoms with Crippen LogP contribution in [-0.4, -0.2) is 189 Å². The predicted molar refractivity (Wildman–Crippen MR) is 233 cm³/mol. The number of aliphatic carboxylic acids is 3. The highest BCUT2D eigenvalue weighted by Gasteiger charge is 2.65. The Morgan fingerprint density at radius 1 is 0.683 bits per heavy atom. The van der Waals surface area contributed by atoms with Crippen LogP contribution in [0.4, 0.5) is 0 Å². The van der Waals surface area contributed by atoms with Gasteiger partial charge in [-0.05, 0) is 111 Å². The lowest BCUT2D eigenvalue weighted by Gasteiger charge is -2.63. The summed E-state index contributed by atoms with van der Waals surface area (Å²) < 4.78 is 0. The van der Waals surface area contributed by atoms with Gasteiger partial charge in [-0.1, -0.05) is 27.2 Å². The summed E-state index contributed by atoms with van der Waals surface area (Å²) in [5.74, 6) is -2.27. The summed E-state index contributed by atoms with van der Waals surface area (Å²) in [5, 5.41) is 90.1. The Balaban J connectivity index is 0.00000331. The molecule has 4 rings (SSSR count). The molecular formula is C44H81N5O14. The Morgan fingerprint density at radius 3 is 1.87 bits per heavy atom. The van der Waals surface area contributed by atoms with Crippen molar-refractivity contribution in [2.75, 3.05) is 80.0 Å². The van der Waals surface area contributed by atoms with Crippen molar-refractivity contribution in [2.24, 2.45) is 46.3 Å². The number of carbonyl (C=O) groups excluding carboxylic acids is 2. The maximum atomic E-state index is 13.1. The first kappa shape index (κ1) is 56.1. The number of hydrogen-bond donors (Lipinski definition) is 11. The summed E-state index contributed by atoms with van der Waals surface area (Å²) in [6.45, 7) is 6.06. The highest BCUT2D eigenvalue weighted by atomic mass is 16.4. The lowest BCUT2D eigenvalue weighted by atomic mass is 9.43. The molecule has 0 saturated heterocycles. The highest BCUT2D eigenvalue weighted by molar-refractivity contribution is 5.78. The van der Waals surface area contributed by atoms with Gasteiger partial charge in [-0.15, -0.1) is 0 Å². The van der Waals surface area contributed by atoms with Crippen LogP contribution in [0.15, 0.2) is 0 Å². The molecule has 4 saturated carbocycles. The molecule has 11 atom stereocenters. The van der Waals surface area contributed by atoms with E-state index in [1.807, 2.05) is 0 Å². The summed E-state index contributed by atoms with van der Waals surface area (Å²) in [6, 6.07) is 0.0263. The fourth-order valence-electron chi connectivity index (χ4n) is 11.8. The fraction of sp³-hybridized carbons (Fsp3) is 0.886. The number of aliphatic hydroxyl groups is 6. The van der Waals surface area contributed by atoms with Crippen molar-refractivity contribution in [1.29, 1.82) is 0 Å². The maximum Gasteiger partial charge on any atom is 0.317 e. The van der Waals surface area contributed by atoms with E-state index in [1.54, 1.807) is 4.90 Å². The lowest BCUT2D eigenvalue weighted by molar-refractivity contribution is -0.202. The van der Waals surface area contributed by atoms with Crippen molar-refractivity contribution < 1.29 is 69.9 Å². The van der Waals surface area contributed by atoms with Crippen molar-refractivity contribution in [3.63, 3.8) is 0 Å². The number of nitrogens with one attached hydrogen (secondary N) is 2. The van der Waals surface area contributed by atoms with Crippen molar-refractivity contribution in [2.45, 2.75) is 122 Å². The number of nitrogens with zero attached hydrogens (tertiary/aromatic N) is 3. The second-order valence-electron chi connectivity index (χ2n) is 18.7. The standard InChI is InChI=1S/C42H73N5O12.2CH4O/c1-27(8-11-37(54)55)30-9-10-31-40-32(21-34(51)42(30,31)3)41(2)13-12-29(19-28(41)20-33(40)50)44-35(52)7-5-4-6-14-43-36(53)22-45(16-18-47(25-48)26-49)15-17-46(23-38(56)57)24-39(58)59;2*1-2/h27-34,40,48-51H,4-26H2,1-3H3,(H,43,53)(H,44,52)(H,54,55)(H,56,57)(H,58,59);2*2H,1H3/t27?,28?,29?,30-,31?,32?,33?,34?,40?,41+,42-;;/m1../s1. The molecule has 0 spiro atoms. The van der Waals surface area contributed by atoms with E-state index in [2.05, 4.69) is 31.4 Å². The predicted octanol–water partition coefficient (Wildman–Crippen LogP) is 0.441. The number of fused-ring (bicyclic) bond motifs is 5. The summed E-state index contributed by atoms with van der Waals surface area (Å²) >= 11 is 0. The zero-order valence-electron chi connectivity index (χ0n) is 38.4. The average Bonchev–Trinajstić information content (AvgIpc) is 3.60. The zero-order valence-corrected chi connectivity index (χ0v) is 38.4. The largest absolute Gasteiger partial charge is 0.481 e. The number of amides is 2. The molecule has 0 radical (unpaired) electrons. The molecule has 0 aromatic heterocycles. The molecule has 0 aromatic carbocycles. The minimum atomic E-state index is -1.17. The van der Waals surface area contributed by atoms with Crippen molar-refractivity contribution in [1.82, 2.24) is 25.3 Å². The van der Waals surface area contributed by atoms with E-state index in [9.17, 15) is 49.5 Å². The van der Waals surface area contributed by atoms with E-state index in [4.69, 9.17) is 20.4 Å². The van der Waals surface area contributed by atoms with Gasteiger partial charge in [0.2, 0.25) is 11.8 Å². The van der Waals surface area contributed by atoms with Crippen LogP contribution in [0.1, 0.15) is 104 Å². The van der Waals surface area contributed by atoms with Gasteiger partial charge < -0.3 is 56.6 Å². The zero-order chi connectivity index (χ0) is 47.5. The van der Waals surface area contributed by atoms with Crippen LogP contribution in [-0.2, 0) is 24.0 Å². The van der Waals surface area contributed by atoms with Gasteiger partial charge in [0.25, 0.3) is 0 Å². The number of carboxylic acids is 3. The Bertz CT molecular complexity index is 1410. The molecule has 19 heteroatoms. The van der Waals surface area contributed by atoms with Gasteiger partial charge in [-0.2, -0.15) is 0 Å². The summed E-state index contributed by atoms with van der Waals surface area (Å²) in [7, 11) is 2.00. The van der Waals surface area contributed by atoms with Crippen LogP contribution >= 0.6 is 0 Å². The molecular weight excluding hydrogens is 823 g/mol. The molecule has 19 nitrogen and oxygen atoms in total. The maximum absolute atomic E-state index is 13.1. The van der Waals surface area contributed by atoms with E-state index in [-0.39, 0.29) is 103 Å². The second kappa shape index (κ2) is 27.5. The first-order chi connectivity index (χ1) is 29.9. The lowest BCUT2D eigenvalue weighted by Crippen LogP contribution is -2.63. The minimum absolute atomic E-state index is 0.00923. The molecule has 366 valence electrons. The number of aliphatic hydroxyl groups excluding tert-OH is 6. The fourth-order valence-corrected chi connectivity index (χ4v) is 11.8. The first-order valence-electron chi connectivity index (χ1n) is 22.8. The third kappa shape index (κ3) is 15.8. The molecule has 63 heavy (non-hydrogen) atoms. The monoisotopic (exact) mass is 904 g/mol. The molecule has 0 aromatic rings. The molecule has 4 aliphatic rings. The van der Waals surface area contributed by atoms with Crippen LogP contribution in [0.3, 0.4) is 0 Å². The van der Waals surface area contributed by atoms with Crippen LogP contribution in [0, 0.1) is 46.3 Å². The summed E-state index contributed by atoms with van der Waals surface area (Å²) in [6.07, 6.45) is 7.95. The van der Waals surface area contributed by atoms with E-state index in [0.29, 0.717) is 45.1 Å². The molecule has 2 amide bonds. The van der Waals surface area contributed by atoms with E-state index in [0.717, 1.165) is 52.7 Å². The van der Waals surface area contributed by atoms with Gasteiger partial charge in [-0.3, -0.25) is 38.7 Å². The van der Waals surface area contributed by atoms with Crippen LogP contribution in [0.5, 0.6) is 0 Å². The molecule has 8 unspecified atom stereocenters. The first-order valence-corrected chi connectivity index (χ1v) is 22.8. The second-order valence-corrected chi connectivity index (χ2v) is 18.7. The SMILES string of the molecule is CC(CCC(=O)O)[C@H]1CCC2C3C(O)CC4CC(NC(=O)CCCCCNC(=O)CN(CCN(CO)CO)CCN(CC(=O)O)CC(=O)O)CC[C@]4(C)C3CC(O)[C@@]21C.CO.CO. The topological polar surface area (TPSA) is 301 Å². The third-order valence-corrected chi connectivity index (χ3v) is 15.1. The molecule has 0 heterocycles. The van der Waals surface area contributed by atoms with E-state index >= 15 is 0 Å². The number of carbonyl (C=O) groups is 5. The van der Waals surface area contributed by atoms with Gasteiger partial charge >= 0.3 is 17.9 Å². The van der Waals surface area contributed by atoms with E-state index in [1.165, 1.54) is 9.80 Å². The van der Waals surface area contributed by atoms with Gasteiger partial charge in [0.1, 0.15) is 0 Å². The Morgan fingerprint density at radius 2 is 1.29 bits per heavy atom. The van der Waals surface area contributed by atoms with Gasteiger partial charge in [-0.25, -0.2) is 0 Å². The highest BCUT2D eigenvalue weighted by Crippen LogP contribution is 2.68. The Kier molecular flexibility index (Phi) is 24.5. The van der Waals surface area contributed by atoms with Crippen molar-refractivity contribution in [3.05, 3.63) is 0 Å².